The number of piperidine rings is 1. The highest BCUT2D eigenvalue weighted by molar-refractivity contribution is 7.15. The van der Waals surface area contributed by atoms with E-state index >= 15 is 0 Å². The lowest BCUT2D eigenvalue weighted by molar-refractivity contribution is 0.0608. The van der Waals surface area contributed by atoms with Gasteiger partial charge in [0.2, 0.25) is 0 Å². The van der Waals surface area contributed by atoms with E-state index in [9.17, 15) is 4.79 Å². The van der Waals surface area contributed by atoms with Crippen molar-refractivity contribution in [2.45, 2.75) is 38.6 Å². The molecule has 5 rings (SSSR count). The van der Waals surface area contributed by atoms with E-state index in [2.05, 4.69) is 11.1 Å². The number of imidazole rings is 1. The number of amides is 1. The van der Waals surface area contributed by atoms with Gasteiger partial charge in [-0.3, -0.25) is 4.79 Å². The number of carbonyl (C=O) groups excluding carboxylic acids is 1. The lowest BCUT2D eigenvalue weighted by Crippen LogP contribution is -2.45. The number of thiazole rings is 1. The minimum atomic E-state index is 0.00781. The Kier molecular flexibility index (Phi) is 5.46. The Morgan fingerprint density at radius 2 is 2.06 bits per heavy atom. The lowest BCUT2D eigenvalue weighted by Gasteiger charge is -2.35. The van der Waals surface area contributed by atoms with Gasteiger partial charge in [-0.2, -0.15) is 5.26 Å². The van der Waals surface area contributed by atoms with Crippen LogP contribution in [0.4, 0.5) is 0 Å². The minimum Gasteiger partial charge on any atom is -0.334 e. The summed E-state index contributed by atoms with van der Waals surface area (Å²) < 4.78 is 1.93. The number of aromatic nitrogens is 3. The minimum absolute atomic E-state index is 0.00781. The number of carbonyl (C=O) groups is 1. The molecule has 3 aromatic heterocycles. The molecule has 1 aliphatic rings. The Balaban J connectivity index is 1.43. The molecule has 1 amide bonds. The quantitative estimate of drug-likeness (QED) is 0.453. The smallest absolute Gasteiger partial charge is 0.274 e. The summed E-state index contributed by atoms with van der Waals surface area (Å²) in [5, 5.41) is 10.0. The molecular formula is C25H23N5OS. The van der Waals surface area contributed by atoms with Crippen LogP contribution in [0.5, 0.6) is 0 Å². The number of likely N-dealkylation sites (tertiary alicyclic amines) is 1. The molecule has 6 nitrogen and oxygen atoms in total. The first-order valence-corrected chi connectivity index (χ1v) is 11.7. The van der Waals surface area contributed by atoms with Crippen molar-refractivity contribution in [1.82, 2.24) is 19.3 Å². The fraction of sp³-hybridized carbons (Fsp3) is 0.280. The van der Waals surface area contributed by atoms with Gasteiger partial charge in [0.15, 0.2) is 0 Å². The molecule has 1 aromatic carbocycles. The van der Waals surface area contributed by atoms with E-state index in [-0.39, 0.29) is 11.9 Å². The van der Waals surface area contributed by atoms with E-state index in [1.54, 1.807) is 23.5 Å². The third-order valence-electron chi connectivity index (χ3n) is 5.94. The average Bonchev–Trinajstić information content (AvgIpc) is 3.41. The molecule has 0 radical (unpaired) electrons. The standard InChI is InChI=1S/C25H23N5OS/c1-17-27-23(24(32-17)19-7-3-2-4-8-19)25(31)30-11-6-5-9-21(30)14-20-16-29-12-10-18(15-26)13-22(29)28-20/h2-4,7-8,10,12-13,16,21H,5-6,9,11,14H2,1H3/t21-/m0/s1. The molecule has 0 N–H and O–H groups in total. The summed E-state index contributed by atoms with van der Waals surface area (Å²) in [5.74, 6) is 0.00781. The number of fused-ring (bicyclic) bond motifs is 1. The number of rotatable bonds is 4. The highest BCUT2D eigenvalue weighted by Gasteiger charge is 2.31. The molecule has 4 aromatic rings. The van der Waals surface area contributed by atoms with Crippen LogP contribution in [0.2, 0.25) is 0 Å². The van der Waals surface area contributed by atoms with Crippen LogP contribution >= 0.6 is 11.3 Å². The molecule has 32 heavy (non-hydrogen) atoms. The summed E-state index contributed by atoms with van der Waals surface area (Å²) in [5.41, 5.74) is 3.87. The molecule has 0 spiro atoms. The topological polar surface area (TPSA) is 74.3 Å². The van der Waals surface area contributed by atoms with Gasteiger partial charge in [0.25, 0.3) is 5.91 Å². The van der Waals surface area contributed by atoms with E-state index in [1.165, 1.54) is 0 Å². The first kappa shape index (κ1) is 20.4. The summed E-state index contributed by atoms with van der Waals surface area (Å²) in [6, 6.07) is 15.8. The zero-order valence-electron chi connectivity index (χ0n) is 17.9. The van der Waals surface area contributed by atoms with Gasteiger partial charge in [-0.1, -0.05) is 30.3 Å². The van der Waals surface area contributed by atoms with Gasteiger partial charge < -0.3 is 9.30 Å². The van der Waals surface area contributed by atoms with Gasteiger partial charge in [-0.15, -0.1) is 11.3 Å². The van der Waals surface area contributed by atoms with Crippen molar-refractivity contribution >= 4 is 22.9 Å². The number of benzene rings is 1. The Morgan fingerprint density at radius 3 is 2.88 bits per heavy atom. The molecule has 7 heteroatoms. The molecule has 160 valence electrons. The van der Waals surface area contributed by atoms with E-state index < -0.39 is 0 Å². The number of hydrogen-bond donors (Lipinski definition) is 0. The summed E-state index contributed by atoms with van der Waals surface area (Å²) in [6.45, 7) is 2.69. The number of nitriles is 1. The molecule has 0 unspecified atom stereocenters. The maximum Gasteiger partial charge on any atom is 0.274 e. The molecule has 0 aliphatic carbocycles. The average molecular weight is 442 g/mol. The first-order valence-electron chi connectivity index (χ1n) is 10.8. The fourth-order valence-electron chi connectivity index (χ4n) is 4.42. The van der Waals surface area contributed by atoms with Crippen LogP contribution in [-0.2, 0) is 6.42 Å². The van der Waals surface area contributed by atoms with E-state index in [4.69, 9.17) is 10.2 Å². The van der Waals surface area contributed by atoms with Gasteiger partial charge in [-0.05, 0) is 43.9 Å². The Bertz CT molecular complexity index is 1320. The first-order chi connectivity index (χ1) is 15.6. The summed E-state index contributed by atoms with van der Waals surface area (Å²) in [4.78, 5) is 26.0. The number of aryl methyl sites for hydroxylation is 1. The Morgan fingerprint density at radius 1 is 1.22 bits per heavy atom. The second-order valence-electron chi connectivity index (χ2n) is 8.15. The van der Waals surface area contributed by atoms with Crippen LogP contribution in [0.25, 0.3) is 16.1 Å². The third kappa shape index (κ3) is 3.90. The zero-order chi connectivity index (χ0) is 22.1. The Hall–Kier alpha value is -3.50. The lowest BCUT2D eigenvalue weighted by atomic mass is 9.97. The number of pyridine rings is 1. The molecule has 0 bridgehead atoms. The van der Waals surface area contributed by atoms with E-state index in [0.717, 1.165) is 52.6 Å². The van der Waals surface area contributed by atoms with Crippen molar-refractivity contribution in [3.8, 4) is 16.5 Å². The molecule has 1 aliphatic heterocycles. The second-order valence-corrected chi connectivity index (χ2v) is 9.36. The van der Waals surface area contributed by atoms with E-state index in [1.807, 2.05) is 58.9 Å². The van der Waals surface area contributed by atoms with Crippen LogP contribution < -0.4 is 0 Å². The van der Waals surface area contributed by atoms with Crippen LogP contribution in [0.3, 0.4) is 0 Å². The fourth-order valence-corrected chi connectivity index (χ4v) is 5.33. The normalized spacial score (nSPS) is 16.2. The van der Waals surface area contributed by atoms with Crippen molar-refractivity contribution in [2.75, 3.05) is 6.54 Å². The van der Waals surface area contributed by atoms with E-state index in [0.29, 0.717) is 17.7 Å². The molecule has 0 saturated carbocycles. The predicted molar refractivity (Wildman–Crippen MR) is 125 cm³/mol. The van der Waals surface area contributed by atoms with Gasteiger partial charge in [0.05, 0.1) is 27.2 Å². The maximum atomic E-state index is 13.7. The van der Waals surface area contributed by atoms with Crippen molar-refractivity contribution in [3.05, 3.63) is 76.8 Å². The third-order valence-corrected chi connectivity index (χ3v) is 6.96. The molecule has 1 atom stereocenters. The molecule has 1 saturated heterocycles. The van der Waals surface area contributed by atoms with Crippen LogP contribution in [-0.4, -0.2) is 37.8 Å². The molecule has 1 fully saturated rings. The van der Waals surface area contributed by atoms with Crippen molar-refractivity contribution in [1.29, 1.82) is 5.26 Å². The zero-order valence-corrected chi connectivity index (χ0v) is 18.7. The van der Waals surface area contributed by atoms with Gasteiger partial charge in [-0.25, -0.2) is 9.97 Å². The highest BCUT2D eigenvalue weighted by atomic mass is 32.1. The van der Waals surface area contributed by atoms with Crippen LogP contribution in [0.15, 0.2) is 54.9 Å². The van der Waals surface area contributed by atoms with Gasteiger partial charge in [0.1, 0.15) is 11.3 Å². The summed E-state index contributed by atoms with van der Waals surface area (Å²) in [7, 11) is 0. The second kappa shape index (κ2) is 8.56. The maximum absolute atomic E-state index is 13.7. The highest BCUT2D eigenvalue weighted by Crippen LogP contribution is 2.32. The van der Waals surface area contributed by atoms with Crippen LogP contribution in [0, 0.1) is 18.3 Å². The Labute approximate surface area is 190 Å². The van der Waals surface area contributed by atoms with Gasteiger partial charge in [0, 0.05) is 31.4 Å². The summed E-state index contributed by atoms with van der Waals surface area (Å²) >= 11 is 1.57. The van der Waals surface area contributed by atoms with Crippen molar-refractivity contribution in [2.24, 2.45) is 0 Å². The molecular weight excluding hydrogens is 418 g/mol. The van der Waals surface area contributed by atoms with Gasteiger partial charge >= 0.3 is 0 Å². The SMILES string of the molecule is Cc1nc(C(=O)N2CCCC[C@H]2Cc2cn3ccc(C#N)cc3n2)c(-c2ccccc2)s1. The number of hydrogen-bond acceptors (Lipinski definition) is 5. The predicted octanol–water partition coefficient (Wildman–Crippen LogP) is 4.88. The summed E-state index contributed by atoms with van der Waals surface area (Å²) in [6.07, 6.45) is 7.60. The largest absolute Gasteiger partial charge is 0.334 e. The van der Waals surface area contributed by atoms with Crippen molar-refractivity contribution in [3.63, 3.8) is 0 Å². The van der Waals surface area contributed by atoms with Crippen molar-refractivity contribution < 1.29 is 4.79 Å². The molecule has 4 heterocycles. The van der Waals surface area contributed by atoms with Crippen LogP contribution in [0.1, 0.15) is 46.0 Å². The number of nitrogens with zero attached hydrogens (tertiary/aromatic N) is 5. The monoisotopic (exact) mass is 441 g/mol.